The lowest BCUT2D eigenvalue weighted by Gasteiger charge is -2.03. The molecule has 1 nitrogen and oxygen atoms in total. The van der Waals surface area contributed by atoms with E-state index in [1.807, 2.05) is 6.92 Å². The molecule has 0 aliphatic heterocycles. The Morgan fingerprint density at radius 3 is 2.62 bits per heavy atom. The number of aromatic nitrogens is 1. The molecular formula is C11H10IN. The molecule has 0 bridgehead atoms. The van der Waals surface area contributed by atoms with Crippen molar-refractivity contribution < 1.29 is 0 Å². The maximum absolute atomic E-state index is 4.53. The van der Waals surface area contributed by atoms with Gasteiger partial charge in [-0.15, -0.1) is 0 Å². The highest BCUT2D eigenvalue weighted by Gasteiger charge is 2.01. The van der Waals surface area contributed by atoms with Crippen LogP contribution in [0.4, 0.5) is 0 Å². The molecule has 0 aliphatic carbocycles. The van der Waals surface area contributed by atoms with Gasteiger partial charge in [0.05, 0.1) is 5.52 Å². The lowest BCUT2D eigenvalue weighted by atomic mass is 10.1. The van der Waals surface area contributed by atoms with Crippen molar-refractivity contribution in [1.29, 1.82) is 0 Å². The zero-order chi connectivity index (χ0) is 9.42. The van der Waals surface area contributed by atoms with Crippen molar-refractivity contribution in [2.45, 2.75) is 13.8 Å². The van der Waals surface area contributed by atoms with Gasteiger partial charge in [-0.25, -0.2) is 0 Å². The second-order valence-electron chi connectivity index (χ2n) is 3.21. The molecule has 0 unspecified atom stereocenters. The average molecular weight is 283 g/mol. The Morgan fingerprint density at radius 2 is 1.85 bits per heavy atom. The Labute approximate surface area is 91.3 Å². The summed E-state index contributed by atoms with van der Waals surface area (Å²) in [5, 5.41) is 1.26. The molecule has 0 fully saturated rings. The Balaban J connectivity index is 2.92. The number of nitrogens with zero attached hydrogens (tertiary/aromatic N) is 1. The SMILES string of the molecule is Cc1ccc2c(I)ccc(C)c2n1. The fraction of sp³-hybridized carbons (Fsp3) is 0.182. The fourth-order valence-corrected chi connectivity index (χ4v) is 2.03. The zero-order valence-corrected chi connectivity index (χ0v) is 9.79. The number of hydrogen-bond donors (Lipinski definition) is 0. The van der Waals surface area contributed by atoms with Crippen LogP contribution < -0.4 is 0 Å². The molecule has 13 heavy (non-hydrogen) atoms. The largest absolute Gasteiger partial charge is 0.253 e. The highest BCUT2D eigenvalue weighted by molar-refractivity contribution is 14.1. The fourth-order valence-electron chi connectivity index (χ4n) is 1.42. The van der Waals surface area contributed by atoms with E-state index in [4.69, 9.17) is 0 Å². The van der Waals surface area contributed by atoms with Crippen molar-refractivity contribution in [3.8, 4) is 0 Å². The van der Waals surface area contributed by atoms with E-state index in [1.165, 1.54) is 14.5 Å². The van der Waals surface area contributed by atoms with Gasteiger partial charge in [-0.2, -0.15) is 0 Å². The summed E-state index contributed by atoms with van der Waals surface area (Å²) in [4.78, 5) is 4.53. The zero-order valence-electron chi connectivity index (χ0n) is 7.63. The molecule has 2 rings (SSSR count). The lowest BCUT2D eigenvalue weighted by molar-refractivity contribution is 1.24. The van der Waals surface area contributed by atoms with Crippen LogP contribution in [0.25, 0.3) is 10.9 Å². The average Bonchev–Trinajstić information content (AvgIpc) is 2.12. The minimum Gasteiger partial charge on any atom is -0.253 e. The van der Waals surface area contributed by atoms with Crippen LogP contribution >= 0.6 is 22.6 Å². The topological polar surface area (TPSA) is 12.9 Å². The van der Waals surface area contributed by atoms with E-state index in [2.05, 4.69) is 58.8 Å². The van der Waals surface area contributed by atoms with Gasteiger partial charge >= 0.3 is 0 Å². The number of hydrogen-bond acceptors (Lipinski definition) is 1. The first-order chi connectivity index (χ1) is 6.18. The van der Waals surface area contributed by atoms with E-state index in [0.717, 1.165) is 11.2 Å². The van der Waals surface area contributed by atoms with Gasteiger partial charge in [0.1, 0.15) is 0 Å². The molecule has 0 amide bonds. The van der Waals surface area contributed by atoms with Crippen LogP contribution in [0.15, 0.2) is 24.3 Å². The van der Waals surface area contributed by atoms with Gasteiger partial charge in [-0.1, -0.05) is 6.07 Å². The van der Waals surface area contributed by atoms with E-state index in [-0.39, 0.29) is 0 Å². The Kier molecular flexibility index (Phi) is 2.24. The number of halogens is 1. The number of aryl methyl sites for hydroxylation is 2. The summed E-state index contributed by atoms with van der Waals surface area (Å²) in [6.45, 7) is 4.13. The Bertz CT molecular complexity index is 463. The van der Waals surface area contributed by atoms with E-state index in [0.29, 0.717) is 0 Å². The first-order valence-electron chi connectivity index (χ1n) is 4.21. The Morgan fingerprint density at radius 1 is 1.08 bits per heavy atom. The number of pyridine rings is 1. The summed E-state index contributed by atoms with van der Waals surface area (Å²) in [6, 6.07) is 8.46. The summed E-state index contributed by atoms with van der Waals surface area (Å²) < 4.78 is 1.27. The van der Waals surface area contributed by atoms with Gasteiger partial charge < -0.3 is 0 Å². The van der Waals surface area contributed by atoms with Crippen LogP contribution in [-0.2, 0) is 0 Å². The smallest absolute Gasteiger partial charge is 0.0744 e. The first kappa shape index (κ1) is 8.94. The summed E-state index contributed by atoms with van der Waals surface area (Å²) in [6.07, 6.45) is 0. The number of benzene rings is 1. The van der Waals surface area contributed by atoms with Gasteiger partial charge in [0.15, 0.2) is 0 Å². The van der Waals surface area contributed by atoms with Gasteiger partial charge in [-0.3, -0.25) is 4.98 Å². The van der Waals surface area contributed by atoms with Crippen molar-refractivity contribution in [2.75, 3.05) is 0 Å². The molecule has 66 valence electrons. The molecule has 0 saturated carbocycles. The third-order valence-electron chi connectivity index (χ3n) is 2.14. The van der Waals surface area contributed by atoms with E-state index >= 15 is 0 Å². The van der Waals surface area contributed by atoms with Crippen LogP contribution in [0, 0.1) is 17.4 Å². The normalized spacial score (nSPS) is 10.7. The molecule has 1 aromatic carbocycles. The Hall–Kier alpha value is -0.640. The molecule has 0 spiro atoms. The molecule has 2 aromatic rings. The minimum atomic E-state index is 1.08. The summed E-state index contributed by atoms with van der Waals surface area (Å²) in [5.74, 6) is 0. The van der Waals surface area contributed by atoms with Gasteiger partial charge in [0.25, 0.3) is 0 Å². The van der Waals surface area contributed by atoms with Crippen LogP contribution in [0.3, 0.4) is 0 Å². The second kappa shape index (κ2) is 3.25. The highest BCUT2D eigenvalue weighted by atomic mass is 127. The van der Waals surface area contributed by atoms with Crippen LogP contribution in [0.1, 0.15) is 11.3 Å². The molecule has 0 radical (unpaired) electrons. The predicted octanol–water partition coefficient (Wildman–Crippen LogP) is 3.46. The van der Waals surface area contributed by atoms with Crippen molar-refractivity contribution in [3.63, 3.8) is 0 Å². The van der Waals surface area contributed by atoms with Crippen molar-refractivity contribution in [1.82, 2.24) is 4.98 Å². The third kappa shape index (κ3) is 1.55. The van der Waals surface area contributed by atoms with E-state index in [1.54, 1.807) is 0 Å². The molecule has 2 heteroatoms. The molecule has 0 saturated heterocycles. The summed E-state index contributed by atoms with van der Waals surface area (Å²) >= 11 is 2.35. The van der Waals surface area contributed by atoms with Gasteiger partial charge in [0, 0.05) is 14.7 Å². The summed E-state index contributed by atoms with van der Waals surface area (Å²) in [7, 11) is 0. The van der Waals surface area contributed by atoms with Crippen LogP contribution in [0.2, 0.25) is 0 Å². The van der Waals surface area contributed by atoms with Crippen molar-refractivity contribution in [3.05, 3.63) is 39.1 Å². The van der Waals surface area contributed by atoms with Gasteiger partial charge in [-0.05, 0) is 60.2 Å². The monoisotopic (exact) mass is 283 g/mol. The predicted molar refractivity (Wildman–Crippen MR) is 63.9 cm³/mol. The van der Waals surface area contributed by atoms with Crippen molar-refractivity contribution in [2.24, 2.45) is 0 Å². The molecular weight excluding hydrogens is 273 g/mol. The number of fused-ring (bicyclic) bond motifs is 1. The quantitative estimate of drug-likeness (QED) is 0.675. The highest BCUT2D eigenvalue weighted by Crippen LogP contribution is 2.22. The molecule has 1 heterocycles. The summed E-state index contributed by atoms with van der Waals surface area (Å²) in [5.41, 5.74) is 3.46. The molecule has 0 N–H and O–H groups in total. The third-order valence-corrected chi connectivity index (χ3v) is 3.09. The van der Waals surface area contributed by atoms with Crippen molar-refractivity contribution >= 4 is 33.5 Å². The van der Waals surface area contributed by atoms with Gasteiger partial charge in [0.2, 0.25) is 0 Å². The van der Waals surface area contributed by atoms with Crippen LogP contribution in [0.5, 0.6) is 0 Å². The number of rotatable bonds is 0. The molecule has 0 aliphatic rings. The second-order valence-corrected chi connectivity index (χ2v) is 4.38. The maximum atomic E-state index is 4.53. The lowest BCUT2D eigenvalue weighted by Crippen LogP contribution is -1.88. The standard InChI is InChI=1S/C11H10IN/c1-7-3-6-10(12)9-5-4-8(2)13-11(7)9/h3-6H,1-2H3. The molecule has 0 atom stereocenters. The van der Waals surface area contributed by atoms with Crippen LogP contribution in [-0.4, -0.2) is 4.98 Å². The first-order valence-corrected chi connectivity index (χ1v) is 5.29. The van der Waals surface area contributed by atoms with E-state index < -0.39 is 0 Å². The van der Waals surface area contributed by atoms with E-state index in [9.17, 15) is 0 Å². The maximum Gasteiger partial charge on any atom is 0.0744 e. The minimum absolute atomic E-state index is 1.08. The molecule has 1 aromatic heterocycles.